The molecular formula is LiNb6O18Ta. The van der Waals surface area contributed by atoms with E-state index in [2.05, 4.69) is 0 Å². The molecule has 0 radical (unpaired) electrons. The smallest absolute Gasteiger partial charge is 5.00 e. The van der Waals surface area contributed by atoms with Crippen molar-refractivity contribution >= 4 is 0 Å². The van der Waals surface area contributed by atoms with E-state index in [1.54, 1.807) is 0 Å². The van der Waals surface area contributed by atoms with Gasteiger partial charge in [0.2, 0.25) is 0 Å². The third-order valence-electron chi connectivity index (χ3n) is 0. The minimum atomic E-state index is -4.20. The van der Waals surface area contributed by atoms with Gasteiger partial charge in [-0.3, -0.25) is 0 Å². The van der Waals surface area contributed by atoms with Gasteiger partial charge in [-0.25, -0.2) is 0 Å². The Balaban J connectivity index is -0.0000000245. The maximum absolute atomic E-state index is 8.60. The summed E-state index contributed by atoms with van der Waals surface area (Å²) in [6, 6.07) is 0. The van der Waals surface area contributed by atoms with Crippen LogP contribution in [-0.4, -0.2) is 0 Å². The largest absolute Gasteiger partial charge is 5.00 e. The fraction of sp³-hybridized carbons (Fsp3) is 0. The summed E-state index contributed by atoms with van der Waals surface area (Å²) in [7, 11) is 0. The van der Waals surface area contributed by atoms with Gasteiger partial charge >= 0.3 is 215 Å². The molecule has 0 unspecified atom stereocenters. The fourth-order valence-electron chi connectivity index (χ4n) is 0. The Morgan fingerprint density at radius 2 is 0.308 bits per heavy atom. The van der Waals surface area contributed by atoms with Crippen LogP contribution in [0.5, 0.6) is 0 Å². The van der Waals surface area contributed by atoms with Crippen LogP contribution in [0.1, 0.15) is 0 Å². The van der Waals surface area contributed by atoms with Crippen LogP contribution in [0.3, 0.4) is 0 Å². The van der Waals surface area contributed by atoms with Gasteiger partial charge in [0, 0.05) is 0 Å². The molecule has 0 aliphatic heterocycles. The molecule has 0 N–H and O–H groups in total. The molecule has 0 aliphatic carbocycles. The molecule has 0 aromatic heterocycles. The second-order valence-electron chi connectivity index (χ2n) is 1.34. The zero-order chi connectivity index (χ0) is 21.5. The summed E-state index contributed by atoms with van der Waals surface area (Å²) in [4.78, 5) is 0. The van der Waals surface area contributed by atoms with Gasteiger partial charge < -0.3 is 0 Å². The molecule has 0 atom stereocenters. The Hall–Kier alpha value is 3.14. The Kier molecular flexibility index (Phi) is 92.1. The van der Waals surface area contributed by atoms with Crippen LogP contribution in [-0.2, 0) is 174 Å². The van der Waals surface area contributed by atoms with E-state index in [1.165, 1.54) is 0 Å². The van der Waals surface area contributed by atoms with Gasteiger partial charge in [-0.1, -0.05) is 0 Å². The maximum atomic E-state index is 8.60. The molecule has 0 spiro atoms. The quantitative estimate of drug-likeness (QED) is 0.203. The van der Waals surface area contributed by atoms with E-state index in [4.69, 9.17) is 60.7 Å². The maximum Gasteiger partial charge on any atom is 5.00 e. The summed E-state index contributed by atoms with van der Waals surface area (Å²) in [5.74, 6) is 0. The summed E-state index contributed by atoms with van der Waals surface area (Å²) in [6.07, 6.45) is 0. The molecule has 0 saturated carbocycles. The molecule has 26 heavy (non-hydrogen) atoms. The van der Waals surface area contributed by atoms with Crippen LogP contribution in [0.2, 0.25) is 0 Å². The van der Waals surface area contributed by atoms with E-state index >= 15 is 0 Å². The second kappa shape index (κ2) is 46.4. The molecule has 0 heterocycles. The SMILES string of the molecule is [Li+].[O]=[Nb](=[O])[O-].[O]=[Nb](=[O])[O-].[O]=[Nb](=[O])[O-].[O]=[Nb](=[O])[O-].[O]=[Nb](=[O])[O-].[O]=[Nb](=[O])[O-].[Ta+5]. The molecule has 0 aliphatic rings. The van der Waals surface area contributed by atoms with Gasteiger partial charge in [-0.05, 0) is 0 Å². The zero-order valence-electron chi connectivity index (χ0n) is 11.5. The molecule has 26 heteroatoms. The number of hydrogen-bond donors (Lipinski definition) is 0. The molecule has 0 amide bonds. The van der Waals surface area contributed by atoms with Crippen molar-refractivity contribution in [2.24, 2.45) is 0 Å². The zero-order valence-corrected chi connectivity index (χ0v) is 27.9. The predicted molar refractivity (Wildman–Crippen MR) is 8.24 cm³/mol. The van der Waals surface area contributed by atoms with E-state index in [1.807, 2.05) is 0 Å². The van der Waals surface area contributed by atoms with Crippen molar-refractivity contribution < 1.29 is 215 Å². The van der Waals surface area contributed by atoms with E-state index in [-0.39, 0.29) is 41.2 Å². The first-order valence-electron chi connectivity index (χ1n) is 3.29. The van der Waals surface area contributed by atoms with E-state index in [0.29, 0.717) is 0 Å². The van der Waals surface area contributed by atoms with Crippen molar-refractivity contribution in [3.05, 3.63) is 0 Å². The molecule has 0 bridgehead atoms. The second-order valence-corrected chi connectivity index (χ2v) is 7.94. The van der Waals surface area contributed by atoms with Crippen LogP contribution in [0.15, 0.2) is 0 Å². The Morgan fingerprint density at radius 1 is 0.308 bits per heavy atom. The Labute approximate surface area is 210 Å². The Morgan fingerprint density at radius 3 is 0.308 bits per heavy atom. The van der Waals surface area contributed by atoms with Gasteiger partial charge in [0.1, 0.15) is 0 Å². The van der Waals surface area contributed by atoms with Gasteiger partial charge in [0.05, 0.1) is 0 Å². The van der Waals surface area contributed by atoms with Crippen LogP contribution >= 0.6 is 0 Å². The summed E-state index contributed by atoms with van der Waals surface area (Å²) < 4.78 is 155. The van der Waals surface area contributed by atoms with Gasteiger partial charge in [-0.15, -0.1) is 0 Å². The third kappa shape index (κ3) is 1880. The first-order valence-corrected chi connectivity index (χ1v) is 19.4. The molecule has 144 valence electrons. The fourth-order valence-corrected chi connectivity index (χ4v) is 0. The van der Waals surface area contributed by atoms with Crippen LogP contribution in [0, 0.1) is 0 Å². The third-order valence-corrected chi connectivity index (χ3v) is 0. The molecule has 0 saturated heterocycles. The van der Waals surface area contributed by atoms with Crippen molar-refractivity contribution in [2.45, 2.75) is 0 Å². The monoisotopic (exact) mass is 1030 g/mol. The van der Waals surface area contributed by atoms with Crippen molar-refractivity contribution in [3.63, 3.8) is 0 Å². The van der Waals surface area contributed by atoms with Crippen molar-refractivity contribution in [2.75, 3.05) is 0 Å². The van der Waals surface area contributed by atoms with E-state index in [0.717, 1.165) is 0 Å². The molecule has 18 nitrogen and oxygen atoms in total. The summed E-state index contributed by atoms with van der Waals surface area (Å²) in [5, 5.41) is 0. The minimum Gasteiger partial charge on any atom is 5.00 e. The van der Waals surface area contributed by atoms with Crippen LogP contribution < -0.4 is 40.5 Å². The van der Waals surface area contributed by atoms with E-state index in [9.17, 15) is 0 Å². The first kappa shape index (κ1) is 51.6. The van der Waals surface area contributed by atoms with Crippen LogP contribution in [0.4, 0.5) is 0 Å². The average molecular weight is 1030 g/mol. The molecule has 0 rings (SSSR count). The van der Waals surface area contributed by atoms with Gasteiger partial charge in [0.25, 0.3) is 0 Å². The number of rotatable bonds is 0. The van der Waals surface area contributed by atoms with Crippen molar-refractivity contribution in [1.82, 2.24) is 0 Å². The average Bonchev–Trinajstić information content (AvgIpc) is 2.08. The predicted octanol–water partition coefficient (Wildman–Crippen LogP) is -11.6. The van der Waals surface area contributed by atoms with Crippen molar-refractivity contribution in [3.8, 4) is 0 Å². The van der Waals surface area contributed by atoms with Crippen molar-refractivity contribution in [1.29, 1.82) is 0 Å². The summed E-state index contributed by atoms with van der Waals surface area (Å²) in [6.45, 7) is 0. The molecular weight excluding hydrogens is 1030 g/mol. The van der Waals surface area contributed by atoms with E-state index < -0.39 is 113 Å². The van der Waals surface area contributed by atoms with Gasteiger partial charge in [0.15, 0.2) is 0 Å². The molecule has 0 aromatic carbocycles. The Bertz CT molecular complexity index is 477. The molecule has 0 fully saturated rings. The number of hydrogen-bond acceptors (Lipinski definition) is 18. The van der Waals surface area contributed by atoms with Crippen LogP contribution in [0.25, 0.3) is 0 Å². The standard InChI is InChI=1S/Li.6Nb.18O.Ta/q+1;;;;;;;;;;;;;;;;;;;6*-1;+5. The summed E-state index contributed by atoms with van der Waals surface area (Å²) >= 11 is -25.2. The first-order chi connectivity index (χ1) is 10.4. The minimum absolute atomic E-state index is 0. The molecule has 0 aromatic rings. The topological polar surface area (TPSA) is 343 Å². The summed E-state index contributed by atoms with van der Waals surface area (Å²) in [5.41, 5.74) is 0. The normalized spacial score (nSPS) is 5.77. The van der Waals surface area contributed by atoms with Gasteiger partial charge in [-0.2, -0.15) is 0 Å².